The Hall–Kier alpha value is -3.21. The number of carbonyl (C=O) groups is 2. The Morgan fingerprint density at radius 2 is 1.88 bits per heavy atom. The van der Waals surface area contributed by atoms with E-state index in [-0.39, 0.29) is 29.2 Å². The van der Waals surface area contributed by atoms with Crippen LogP contribution in [0, 0.1) is 40.3 Å². The molecule has 2 fully saturated rings. The van der Waals surface area contributed by atoms with Crippen LogP contribution in [-0.2, 0) is 22.6 Å². The summed E-state index contributed by atoms with van der Waals surface area (Å²) in [6, 6.07) is 5.75. The van der Waals surface area contributed by atoms with Crippen LogP contribution in [0.15, 0.2) is 18.3 Å². The zero-order valence-electron chi connectivity index (χ0n) is 19.8. The fourth-order valence-electron chi connectivity index (χ4n) is 6.40. The molecule has 2 aromatic rings. The molecule has 0 spiro atoms. The number of anilines is 1. The molecule has 0 saturated heterocycles. The summed E-state index contributed by atoms with van der Waals surface area (Å²) in [6.45, 7) is 6.52. The SMILES string of the molecule is CC(=O)N[C@H]1C[C@@H]2C[C@H](C(=O)Nc3cc(-c4cc(C#N)n5c4CC(C)(C)C5)c(F)cn3)C[C@@H]2C1. The number of carbonyl (C=O) groups excluding carboxylic acids is 2. The lowest BCUT2D eigenvalue weighted by Crippen LogP contribution is -2.31. The van der Waals surface area contributed by atoms with Crippen molar-refractivity contribution < 1.29 is 14.0 Å². The van der Waals surface area contributed by atoms with Crippen molar-refractivity contribution in [1.29, 1.82) is 5.26 Å². The number of aromatic nitrogens is 2. The fraction of sp³-hybridized carbons (Fsp3) is 0.538. The first-order valence-corrected chi connectivity index (χ1v) is 12.0. The van der Waals surface area contributed by atoms with Crippen molar-refractivity contribution in [3.8, 4) is 17.2 Å². The summed E-state index contributed by atoms with van der Waals surface area (Å²) < 4.78 is 16.8. The van der Waals surface area contributed by atoms with Crippen molar-refractivity contribution in [2.24, 2.45) is 23.2 Å². The van der Waals surface area contributed by atoms with Crippen LogP contribution in [0.3, 0.4) is 0 Å². The van der Waals surface area contributed by atoms with Gasteiger partial charge in [-0.25, -0.2) is 9.37 Å². The van der Waals surface area contributed by atoms with Gasteiger partial charge >= 0.3 is 0 Å². The fourth-order valence-corrected chi connectivity index (χ4v) is 6.40. The molecule has 2 aromatic heterocycles. The second-order valence-corrected chi connectivity index (χ2v) is 11.0. The van der Waals surface area contributed by atoms with Crippen molar-refractivity contribution in [2.45, 2.75) is 65.5 Å². The van der Waals surface area contributed by atoms with Gasteiger partial charge in [0.25, 0.3) is 0 Å². The van der Waals surface area contributed by atoms with Crippen molar-refractivity contribution >= 4 is 17.6 Å². The van der Waals surface area contributed by atoms with E-state index in [4.69, 9.17) is 0 Å². The second-order valence-electron chi connectivity index (χ2n) is 11.0. The Bertz CT molecular complexity index is 1200. The maximum Gasteiger partial charge on any atom is 0.228 e. The molecule has 2 amide bonds. The van der Waals surface area contributed by atoms with Gasteiger partial charge in [0.05, 0.1) is 6.20 Å². The van der Waals surface area contributed by atoms with E-state index >= 15 is 0 Å². The Labute approximate surface area is 198 Å². The number of pyridine rings is 1. The zero-order valence-corrected chi connectivity index (χ0v) is 19.8. The molecule has 0 bridgehead atoms. The third-order valence-corrected chi connectivity index (χ3v) is 7.75. The third-order valence-electron chi connectivity index (χ3n) is 7.75. The van der Waals surface area contributed by atoms with E-state index in [1.807, 2.05) is 4.57 Å². The number of hydrogen-bond acceptors (Lipinski definition) is 4. The summed E-state index contributed by atoms with van der Waals surface area (Å²) in [5.74, 6) is 0.550. The summed E-state index contributed by atoms with van der Waals surface area (Å²) in [7, 11) is 0. The highest BCUT2D eigenvalue weighted by atomic mass is 19.1. The van der Waals surface area contributed by atoms with Gasteiger partial charge in [0, 0.05) is 42.2 Å². The Morgan fingerprint density at radius 1 is 1.18 bits per heavy atom. The van der Waals surface area contributed by atoms with Crippen molar-refractivity contribution in [3.63, 3.8) is 0 Å². The molecule has 0 unspecified atom stereocenters. The topological polar surface area (TPSA) is 99.8 Å². The van der Waals surface area contributed by atoms with E-state index in [0.717, 1.165) is 44.0 Å². The predicted octanol–water partition coefficient (Wildman–Crippen LogP) is 4.02. The zero-order chi connectivity index (χ0) is 24.2. The molecule has 2 aliphatic carbocycles. The number of fused-ring (bicyclic) bond motifs is 2. The van der Waals surface area contributed by atoms with Gasteiger partial charge in [-0.15, -0.1) is 0 Å². The first kappa shape index (κ1) is 22.6. The van der Waals surface area contributed by atoms with Gasteiger partial charge in [0.15, 0.2) is 0 Å². The average molecular weight is 464 g/mol. The van der Waals surface area contributed by atoms with Gasteiger partial charge in [-0.1, -0.05) is 13.8 Å². The molecule has 3 heterocycles. The lowest BCUT2D eigenvalue weighted by atomic mass is 9.89. The first-order valence-electron chi connectivity index (χ1n) is 12.0. The van der Waals surface area contributed by atoms with Crippen LogP contribution in [-0.4, -0.2) is 27.4 Å². The largest absolute Gasteiger partial charge is 0.354 e. The molecule has 5 rings (SSSR count). The van der Waals surface area contributed by atoms with Crippen molar-refractivity contribution in [2.75, 3.05) is 5.32 Å². The number of rotatable bonds is 4. The van der Waals surface area contributed by atoms with E-state index in [0.29, 0.717) is 41.0 Å². The van der Waals surface area contributed by atoms with Gasteiger partial charge in [-0.05, 0) is 61.5 Å². The molecule has 1 aliphatic heterocycles. The number of nitrogens with zero attached hydrogens (tertiary/aromatic N) is 3. The molecule has 178 valence electrons. The molecule has 2 saturated carbocycles. The van der Waals surface area contributed by atoms with Gasteiger partial charge < -0.3 is 15.2 Å². The summed E-state index contributed by atoms with van der Waals surface area (Å²) >= 11 is 0. The molecule has 8 heteroatoms. The minimum atomic E-state index is -0.472. The molecular formula is C26H30FN5O2. The molecule has 4 atom stereocenters. The molecular weight excluding hydrogens is 433 g/mol. The van der Waals surface area contributed by atoms with Gasteiger partial charge in [0.2, 0.25) is 11.8 Å². The van der Waals surface area contributed by atoms with E-state index in [1.54, 1.807) is 19.1 Å². The third kappa shape index (κ3) is 4.08. The van der Waals surface area contributed by atoms with Crippen molar-refractivity contribution in [1.82, 2.24) is 14.9 Å². The van der Waals surface area contributed by atoms with E-state index < -0.39 is 5.82 Å². The molecule has 7 nitrogen and oxygen atoms in total. The molecule has 2 N–H and O–H groups in total. The van der Waals surface area contributed by atoms with Gasteiger partial charge in [-0.2, -0.15) is 5.26 Å². The summed E-state index contributed by atoms with van der Waals surface area (Å²) in [5, 5.41) is 15.5. The lowest BCUT2D eigenvalue weighted by Gasteiger charge is -2.16. The summed E-state index contributed by atoms with van der Waals surface area (Å²) in [5.41, 5.74) is 2.51. The van der Waals surface area contributed by atoms with Crippen molar-refractivity contribution in [3.05, 3.63) is 35.5 Å². The predicted molar refractivity (Wildman–Crippen MR) is 125 cm³/mol. The van der Waals surface area contributed by atoms with Crippen LogP contribution in [0.2, 0.25) is 0 Å². The Kier molecular flexibility index (Phi) is 5.46. The molecule has 0 radical (unpaired) electrons. The molecule has 3 aliphatic rings. The number of nitriles is 1. The number of amides is 2. The number of halogens is 1. The van der Waals surface area contributed by atoms with Gasteiger partial charge in [0.1, 0.15) is 23.4 Å². The quantitative estimate of drug-likeness (QED) is 0.715. The van der Waals surface area contributed by atoms with Crippen LogP contribution in [0.4, 0.5) is 10.2 Å². The van der Waals surface area contributed by atoms with Crippen LogP contribution in [0.1, 0.15) is 57.8 Å². The standard InChI is InChI=1S/C26H30FN5O2/c1-14(33)30-18-6-15-4-17(5-16(15)7-18)25(34)31-24-9-20(22(27)12-29-24)21-8-19(11-28)32-13-26(2,3)10-23(21)32/h8-9,12,15-18H,4-7,10,13H2,1-3H3,(H,30,33)(H,29,31,34)/t15-,16+,17-,18-. The minimum absolute atomic E-state index is 0.00299. The molecule has 0 aromatic carbocycles. The first-order chi connectivity index (χ1) is 16.1. The maximum absolute atomic E-state index is 14.9. The normalized spacial score (nSPS) is 26.6. The van der Waals surface area contributed by atoms with E-state index in [1.165, 1.54) is 0 Å². The monoisotopic (exact) mass is 463 g/mol. The summed E-state index contributed by atoms with van der Waals surface area (Å²) in [6.07, 6.45) is 5.33. The highest BCUT2D eigenvalue weighted by molar-refractivity contribution is 5.92. The Balaban J connectivity index is 1.31. The van der Waals surface area contributed by atoms with Crippen LogP contribution in [0.25, 0.3) is 11.1 Å². The summed E-state index contributed by atoms with van der Waals surface area (Å²) in [4.78, 5) is 28.5. The lowest BCUT2D eigenvalue weighted by molar-refractivity contribution is -0.121. The van der Waals surface area contributed by atoms with E-state index in [2.05, 4.69) is 35.5 Å². The highest BCUT2D eigenvalue weighted by Crippen LogP contribution is 2.47. The van der Waals surface area contributed by atoms with E-state index in [9.17, 15) is 19.2 Å². The number of hydrogen-bond donors (Lipinski definition) is 2. The maximum atomic E-state index is 14.9. The molecule has 34 heavy (non-hydrogen) atoms. The van der Waals surface area contributed by atoms with Gasteiger partial charge in [-0.3, -0.25) is 9.59 Å². The second kappa shape index (κ2) is 8.23. The van der Waals surface area contributed by atoms with Crippen LogP contribution >= 0.6 is 0 Å². The Morgan fingerprint density at radius 3 is 2.53 bits per heavy atom. The minimum Gasteiger partial charge on any atom is -0.354 e. The van der Waals surface area contributed by atoms with Crippen LogP contribution in [0.5, 0.6) is 0 Å². The number of nitrogens with one attached hydrogen (secondary N) is 2. The smallest absolute Gasteiger partial charge is 0.228 e. The van der Waals surface area contributed by atoms with Crippen LogP contribution < -0.4 is 10.6 Å². The average Bonchev–Trinajstić information content (AvgIpc) is 3.47. The highest BCUT2D eigenvalue weighted by Gasteiger charge is 2.44.